The standard InChI is InChI=1S/C20H32O/c1-13-4-6-16-11-18-14(12-20(13,16)3)5-7-15-10-17(21)8-9-19(15,18)2/h14-18,21H,1,4-12H2,2-3H3/t14-,15-,16+,17+,18-,19-,20-/m1/s1. The third-order valence-corrected chi connectivity index (χ3v) is 8.54. The van der Waals surface area contributed by atoms with Gasteiger partial charge in [0.2, 0.25) is 0 Å². The minimum absolute atomic E-state index is 0.0141. The van der Waals surface area contributed by atoms with Crippen molar-refractivity contribution in [2.24, 2.45) is 34.5 Å². The summed E-state index contributed by atoms with van der Waals surface area (Å²) in [5.41, 5.74) is 2.53. The first-order valence-electron chi connectivity index (χ1n) is 9.30. The van der Waals surface area contributed by atoms with E-state index < -0.39 is 0 Å². The third kappa shape index (κ3) is 1.92. The van der Waals surface area contributed by atoms with Crippen LogP contribution in [0.25, 0.3) is 0 Å². The van der Waals surface area contributed by atoms with Crippen LogP contribution in [-0.4, -0.2) is 11.2 Å². The first-order valence-corrected chi connectivity index (χ1v) is 9.30. The zero-order valence-electron chi connectivity index (χ0n) is 13.9. The van der Waals surface area contributed by atoms with Crippen LogP contribution in [0.3, 0.4) is 0 Å². The SMILES string of the molecule is C=C1CC[C@H]2C[C@@H]3[C@H](CC[C@@H]4C[C@@H](O)CC[C@]43C)C[C@]12C. The molecule has 4 aliphatic carbocycles. The van der Waals surface area contributed by atoms with Gasteiger partial charge in [-0.05, 0) is 92.3 Å². The van der Waals surface area contributed by atoms with Gasteiger partial charge in [-0.1, -0.05) is 26.0 Å². The molecule has 4 aliphatic rings. The molecular formula is C20H32O. The van der Waals surface area contributed by atoms with Gasteiger partial charge in [-0.2, -0.15) is 0 Å². The fourth-order valence-corrected chi connectivity index (χ4v) is 6.98. The molecular weight excluding hydrogens is 256 g/mol. The van der Waals surface area contributed by atoms with Gasteiger partial charge in [-0.3, -0.25) is 0 Å². The van der Waals surface area contributed by atoms with Crippen molar-refractivity contribution >= 4 is 0 Å². The Bertz CT molecular complexity index is 455. The van der Waals surface area contributed by atoms with E-state index in [0.717, 1.165) is 36.5 Å². The number of hydrogen-bond acceptors (Lipinski definition) is 1. The van der Waals surface area contributed by atoms with Gasteiger partial charge in [0.15, 0.2) is 0 Å². The Hall–Kier alpha value is -0.300. The minimum atomic E-state index is -0.0141. The topological polar surface area (TPSA) is 20.2 Å². The molecule has 0 amide bonds. The van der Waals surface area contributed by atoms with Gasteiger partial charge < -0.3 is 5.11 Å². The summed E-state index contributed by atoms with van der Waals surface area (Å²) in [5, 5.41) is 10.1. The lowest BCUT2D eigenvalue weighted by Gasteiger charge is -2.59. The van der Waals surface area contributed by atoms with E-state index >= 15 is 0 Å². The smallest absolute Gasteiger partial charge is 0.0543 e. The molecule has 4 fully saturated rings. The van der Waals surface area contributed by atoms with Crippen LogP contribution in [0, 0.1) is 34.5 Å². The molecule has 0 heterocycles. The minimum Gasteiger partial charge on any atom is -0.393 e. The van der Waals surface area contributed by atoms with Crippen molar-refractivity contribution in [3.8, 4) is 0 Å². The number of fused-ring (bicyclic) bond motifs is 4. The van der Waals surface area contributed by atoms with Crippen LogP contribution >= 0.6 is 0 Å². The maximum absolute atomic E-state index is 10.1. The van der Waals surface area contributed by atoms with Crippen LogP contribution in [0.2, 0.25) is 0 Å². The highest BCUT2D eigenvalue weighted by molar-refractivity contribution is 5.20. The predicted octanol–water partition coefficient (Wildman–Crippen LogP) is 4.95. The Balaban J connectivity index is 1.62. The number of aliphatic hydroxyl groups excluding tert-OH is 1. The van der Waals surface area contributed by atoms with Crippen LogP contribution < -0.4 is 0 Å². The van der Waals surface area contributed by atoms with Crippen molar-refractivity contribution in [3.63, 3.8) is 0 Å². The van der Waals surface area contributed by atoms with Gasteiger partial charge in [0, 0.05) is 0 Å². The molecule has 21 heavy (non-hydrogen) atoms. The van der Waals surface area contributed by atoms with Crippen LogP contribution in [0.4, 0.5) is 0 Å². The van der Waals surface area contributed by atoms with Gasteiger partial charge in [0.05, 0.1) is 6.10 Å². The second-order valence-corrected chi connectivity index (χ2v) is 9.27. The van der Waals surface area contributed by atoms with Gasteiger partial charge in [0.25, 0.3) is 0 Å². The molecule has 0 radical (unpaired) electrons. The Morgan fingerprint density at radius 3 is 2.67 bits per heavy atom. The molecule has 0 aromatic rings. The van der Waals surface area contributed by atoms with Crippen molar-refractivity contribution in [1.82, 2.24) is 0 Å². The zero-order valence-corrected chi connectivity index (χ0v) is 13.9. The second kappa shape index (κ2) is 4.60. The van der Waals surface area contributed by atoms with E-state index in [-0.39, 0.29) is 6.10 Å². The molecule has 4 rings (SSSR count). The van der Waals surface area contributed by atoms with E-state index in [0.29, 0.717) is 10.8 Å². The van der Waals surface area contributed by atoms with Crippen molar-refractivity contribution in [2.75, 3.05) is 0 Å². The van der Waals surface area contributed by atoms with Crippen LogP contribution in [0.1, 0.15) is 71.6 Å². The maximum Gasteiger partial charge on any atom is 0.0543 e. The molecule has 0 bridgehead atoms. The average Bonchev–Trinajstić information content (AvgIpc) is 2.74. The highest BCUT2D eigenvalue weighted by Crippen LogP contribution is 2.66. The number of hydrogen-bond donors (Lipinski definition) is 1. The van der Waals surface area contributed by atoms with Crippen molar-refractivity contribution in [2.45, 2.75) is 77.7 Å². The van der Waals surface area contributed by atoms with Crippen LogP contribution in [-0.2, 0) is 0 Å². The first-order chi connectivity index (χ1) is 9.93. The molecule has 1 N–H and O–H groups in total. The molecule has 4 saturated carbocycles. The molecule has 0 unspecified atom stereocenters. The van der Waals surface area contributed by atoms with E-state index in [1.54, 1.807) is 5.57 Å². The summed E-state index contributed by atoms with van der Waals surface area (Å²) in [6.07, 6.45) is 11.7. The Morgan fingerprint density at radius 1 is 1.05 bits per heavy atom. The van der Waals surface area contributed by atoms with Crippen LogP contribution in [0.15, 0.2) is 12.2 Å². The molecule has 0 spiro atoms. The van der Waals surface area contributed by atoms with E-state index in [2.05, 4.69) is 20.4 Å². The van der Waals surface area contributed by atoms with E-state index in [1.807, 2.05) is 0 Å². The van der Waals surface area contributed by atoms with Gasteiger partial charge in [0.1, 0.15) is 0 Å². The lowest BCUT2D eigenvalue weighted by Crippen LogP contribution is -2.52. The van der Waals surface area contributed by atoms with Gasteiger partial charge >= 0.3 is 0 Å². The predicted molar refractivity (Wildman–Crippen MR) is 86.9 cm³/mol. The van der Waals surface area contributed by atoms with E-state index in [9.17, 15) is 5.11 Å². The van der Waals surface area contributed by atoms with Crippen molar-refractivity contribution in [3.05, 3.63) is 12.2 Å². The molecule has 7 atom stereocenters. The Kier molecular flexibility index (Phi) is 3.13. The largest absolute Gasteiger partial charge is 0.393 e. The van der Waals surface area contributed by atoms with E-state index in [4.69, 9.17) is 0 Å². The van der Waals surface area contributed by atoms with Crippen molar-refractivity contribution < 1.29 is 5.11 Å². The third-order valence-electron chi connectivity index (χ3n) is 8.54. The Labute approximate surface area is 130 Å². The molecule has 1 nitrogen and oxygen atoms in total. The van der Waals surface area contributed by atoms with Gasteiger partial charge in [-0.15, -0.1) is 0 Å². The number of rotatable bonds is 0. The summed E-state index contributed by atoms with van der Waals surface area (Å²) in [6, 6.07) is 0. The Morgan fingerprint density at radius 2 is 1.86 bits per heavy atom. The highest BCUT2D eigenvalue weighted by atomic mass is 16.3. The van der Waals surface area contributed by atoms with Crippen molar-refractivity contribution in [1.29, 1.82) is 0 Å². The molecule has 0 aromatic heterocycles. The second-order valence-electron chi connectivity index (χ2n) is 9.27. The highest BCUT2D eigenvalue weighted by Gasteiger charge is 2.57. The molecule has 1 heteroatoms. The molecule has 0 aliphatic heterocycles. The summed E-state index contributed by atoms with van der Waals surface area (Å²) in [5.74, 6) is 3.54. The average molecular weight is 288 g/mol. The summed E-state index contributed by atoms with van der Waals surface area (Å²) in [6.45, 7) is 9.52. The van der Waals surface area contributed by atoms with Gasteiger partial charge in [-0.25, -0.2) is 0 Å². The first kappa shape index (κ1) is 14.3. The van der Waals surface area contributed by atoms with E-state index in [1.165, 1.54) is 44.9 Å². The fourth-order valence-electron chi connectivity index (χ4n) is 6.98. The lowest BCUT2D eigenvalue weighted by molar-refractivity contribution is -0.109. The summed E-state index contributed by atoms with van der Waals surface area (Å²) < 4.78 is 0. The maximum atomic E-state index is 10.1. The lowest BCUT2D eigenvalue weighted by atomic mass is 9.46. The molecule has 118 valence electrons. The summed E-state index contributed by atoms with van der Waals surface area (Å²) in [7, 11) is 0. The quantitative estimate of drug-likeness (QED) is 0.626. The number of aliphatic hydroxyl groups is 1. The zero-order chi connectivity index (χ0) is 14.8. The normalized spacial score (nSPS) is 56.5. The summed E-state index contributed by atoms with van der Waals surface area (Å²) >= 11 is 0. The summed E-state index contributed by atoms with van der Waals surface area (Å²) in [4.78, 5) is 0. The van der Waals surface area contributed by atoms with Crippen LogP contribution in [0.5, 0.6) is 0 Å². The molecule has 0 saturated heterocycles. The number of allylic oxidation sites excluding steroid dienone is 1. The fraction of sp³-hybridized carbons (Fsp3) is 0.900. The molecule has 0 aromatic carbocycles. The monoisotopic (exact) mass is 288 g/mol.